The van der Waals surface area contributed by atoms with E-state index >= 15 is 0 Å². The van der Waals surface area contributed by atoms with E-state index in [0.29, 0.717) is 22.3 Å². The maximum Gasteiger partial charge on any atom is 0.201 e. The average Bonchev–Trinajstić information content (AvgIpc) is 2.52. The predicted octanol–water partition coefficient (Wildman–Crippen LogP) is 3.31. The summed E-state index contributed by atoms with van der Waals surface area (Å²) in [5, 5.41) is 1.27. The number of pyridine rings is 1. The number of fused-ring (bicyclic) bond motifs is 2. The molecule has 108 valence electrons. The standard InChI is InChI=1S/C16H14INO3/c1-18-10-7-5-4-6-9(10)15(19)13-11(18)8-12(20-2)14(17)16(13)21-3/h4-8H,1-3H3. The second-order valence-corrected chi connectivity index (χ2v) is 5.80. The SMILES string of the molecule is COc1cc2c(c(OC)c1I)c(=O)c1ccccc1n2C. The summed E-state index contributed by atoms with van der Waals surface area (Å²) in [5.74, 6) is 1.27. The molecule has 0 bridgehead atoms. The van der Waals surface area contributed by atoms with E-state index in [4.69, 9.17) is 9.47 Å². The minimum absolute atomic E-state index is 0.0175. The lowest BCUT2D eigenvalue weighted by molar-refractivity contribution is 0.392. The van der Waals surface area contributed by atoms with Crippen LogP contribution in [-0.2, 0) is 7.05 Å². The largest absolute Gasteiger partial charge is 0.495 e. The maximum absolute atomic E-state index is 12.8. The number of benzene rings is 2. The van der Waals surface area contributed by atoms with Crippen LogP contribution in [0, 0.1) is 3.57 Å². The highest BCUT2D eigenvalue weighted by atomic mass is 127. The number of para-hydroxylation sites is 1. The van der Waals surface area contributed by atoms with Gasteiger partial charge in [0.15, 0.2) is 0 Å². The van der Waals surface area contributed by atoms with Gasteiger partial charge in [0.1, 0.15) is 11.5 Å². The molecule has 0 N–H and O–H groups in total. The van der Waals surface area contributed by atoms with Crippen LogP contribution in [0.25, 0.3) is 21.8 Å². The van der Waals surface area contributed by atoms with Gasteiger partial charge in [-0.2, -0.15) is 0 Å². The molecule has 1 aromatic heterocycles. The van der Waals surface area contributed by atoms with Crippen molar-refractivity contribution in [3.8, 4) is 11.5 Å². The van der Waals surface area contributed by atoms with Crippen LogP contribution < -0.4 is 14.9 Å². The topological polar surface area (TPSA) is 40.5 Å². The Morgan fingerprint density at radius 2 is 1.81 bits per heavy atom. The predicted molar refractivity (Wildman–Crippen MR) is 92.5 cm³/mol. The molecule has 0 amide bonds. The van der Waals surface area contributed by atoms with Crippen molar-refractivity contribution < 1.29 is 9.47 Å². The van der Waals surface area contributed by atoms with Gasteiger partial charge in [-0.05, 0) is 34.7 Å². The summed E-state index contributed by atoms with van der Waals surface area (Å²) in [6, 6.07) is 9.46. The molecule has 3 aromatic rings. The van der Waals surface area contributed by atoms with Crippen molar-refractivity contribution in [1.29, 1.82) is 0 Å². The van der Waals surface area contributed by atoms with Gasteiger partial charge in [-0.25, -0.2) is 0 Å². The molecule has 3 rings (SSSR count). The van der Waals surface area contributed by atoms with Crippen LogP contribution in [0.1, 0.15) is 0 Å². The number of halogens is 1. The molecule has 0 aliphatic rings. The maximum atomic E-state index is 12.8. The Bertz CT molecular complexity index is 915. The van der Waals surface area contributed by atoms with Crippen LogP contribution in [-0.4, -0.2) is 18.8 Å². The number of hydrogen-bond donors (Lipinski definition) is 0. The third-order valence-electron chi connectivity index (χ3n) is 3.69. The third kappa shape index (κ3) is 1.98. The van der Waals surface area contributed by atoms with Crippen molar-refractivity contribution in [1.82, 2.24) is 4.57 Å². The molecule has 0 aliphatic carbocycles. The molecular formula is C16H14INO3. The number of methoxy groups -OCH3 is 2. The molecular weight excluding hydrogens is 381 g/mol. The van der Waals surface area contributed by atoms with Crippen LogP contribution in [0.3, 0.4) is 0 Å². The van der Waals surface area contributed by atoms with E-state index in [1.807, 2.05) is 41.9 Å². The Morgan fingerprint density at radius 1 is 1.10 bits per heavy atom. The first-order valence-electron chi connectivity index (χ1n) is 6.42. The Hall–Kier alpha value is -1.76. The van der Waals surface area contributed by atoms with Crippen LogP contribution in [0.4, 0.5) is 0 Å². The molecule has 1 heterocycles. The number of aromatic nitrogens is 1. The first-order valence-corrected chi connectivity index (χ1v) is 7.50. The van der Waals surface area contributed by atoms with Gasteiger partial charge in [0, 0.05) is 18.5 Å². The number of aryl methyl sites for hydroxylation is 1. The minimum atomic E-state index is -0.0175. The molecule has 21 heavy (non-hydrogen) atoms. The number of ether oxygens (including phenoxy) is 2. The average molecular weight is 395 g/mol. The van der Waals surface area contributed by atoms with Crippen molar-refractivity contribution >= 4 is 44.4 Å². The van der Waals surface area contributed by atoms with Crippen molar-refractivity contribution in [2.24, 2.45) is 7.05 Å². The zero-order valence-electron chi connectivity index (χ0n) is 11.9. The van der Waals surface area contributed by atoms with E-state index in [1.165, 1.54) is 0 Å². The molecule has 0 saturated heterocycles. The van der Waals surface area contributed by atoms with Crippen molar-refractivity contribution in [2.75, 3.05) is 14.2 Å². The summed E-state index contributed by atoms with van der Waals surface area (Å²) in [7, 11) is 5.13. The van der Waals surface area contributed by atoms with Gasteiger partial charge in [0.2, 0.25) is 5.43 Å². The summed E-state index contributed by atoms with van der Waals surface area (Å²) >= 11 is 2.14. The molecule has 0 unspecified atom stereocenters. The minimum Gasteiger partial charge on any atom is -0.495 e. The Balaban J connectivity index is 2.66. The monoisotopic (exact) mass is 395 g/mol. The van der Waals surface area contributed by atoms with E-state index in [2.05, 4.69) is 22.6 Å². The van der Waals surface area contributed by atoms with Crippen LogP contribution >= 0.6 is 22.6 Å². The molecule has 0 aliphatic heterocycles. The Kier molecular flexibility index (Phi) is 3.52. The second-order valence-electron chi connectivity index (χ2n) is 4.73. The fourth-order valence-corrected chi connectivity index (χ4v) is 3.51. The Labute approximate surface area is 135 Å². The van der Waals surface area contributed by atoms with Gasteiger partial charge < -0.3 is 14.0 Å². The molecule has 0 atom stereocenters. The first-order chi connectivity index (χ1) is 10.1. The van der Waals surface area contributed by atoms with Crippen LogP contribution in [0.5, 0.6) is 11.5 Å². The summed E-state index contributed by atoms with van der Waals surface area (Å²) in [6.07, 6.45) is 0. The zero-order valence-corrected chi connectivity index (χ0v) is 14.1. The molecule has 4 nitrogen and oxygen atoms in total. The lowest BCUT2D eigenvalue weighted by atomic mass is 10.1. The second kappa shape index (κ2) is 5.22. The van der Waals surface area contributed by atoms with Gasteiger partial charge in [0.05, 0.1) is 34.2 Å². The molecule has 0 spiro atoms. The highest BCUT2D eigenvalue weighted by Gasteiger charge is 2.18. The lowest BCUT2D eigenvalue weighted by Crippen LogP contribution is -2.11. The highest BCUT2D eigenvalue weighted by Crippen LogP contribution is 2.37. The first kappa shape index (κ1) is 14.2. The van der Waals surface area contributed by atoms with E-state index < -0.39 is 0 Å². The molecule has 5 heteroatoms. The molecule has 2 aromatic carbocycles. The fraction of sp³-hybridized carbons (Fsp3) is 0.188. The van der Waals surface area contributed by atoms with Crippen molar-refractivity contribution in [2.45, 2.75) is 0 Å². The number of rotatable bonds is 2. The smallest absolute Gasteiger partial charge is 0.201 e. The number of hydrogen-bond acceptors (Lipinski definition) is 3. The van der Waals surface area contributed by atoms with E-state index in [9.17, 15) is 4.79 Å². The third-order valence-corrected chi connectivity index (χ3v) is 4.71. The highest BCUT2D eigenvalue weighted by molar-refractivity contribution is 14.1. The van der Waals surface area contributed by atoms with Gasteiger partial charge in [0.25, 0.3) is 0 Å². The van der Waals surface area contributed by atoms with Crippen LogP contribution in [0.15, 0.2) is 35.1 Å². The lowest BCUT2D eigenvalue weighted by Gasteiger charge is -2.16. The molecule has 0 radical (unpaired) electrons. The van der Waals surface area contributed by atoms with Gasteiger partial charge in [-0.15, -0.1) is 0 Å². The Morgan fingerprint density at radius 3 is 2.48 bits per heavy atom. The quantitative estimate of drug-likeness (QED) is 0.494. The number of nitrogens with zero attached hydrogens (tertiary/aromatic N) is 1. The molecule has 0 saturated carbocycles. The summed E-state index contributed by atoms with van der Waals surface area (Å²) in [5.41, 5.74) is 1.67. The fourth-order valence-electron chi connectivity index (χ4n) is 2.64. The molecule has 0 fully saturated rings. The van der Waals surface area contributed by atoms with E-state index in [1.54, 1.807) is 14.2 Å². The summed E-state index contributed by atoms with van der Waals surface area (Å²) in [6.45, 7) is 0. The normalized spacial score (nSPS) is 11.0. The summed E-state index contributed by atoms with van der Waals surface area (Å²) < 4.78 is 13.7. The summed E-state index contributed by atoms with van der Waals surface area (Å²) in [4.78, 5) is 12.8. The van der Waals surface area contributed by atoms with Crippen LogP contribution in [0.2, 0.25) is 0 Å². The van der Waals surface area contributed by atoms with Gasteiger partial charge >= 0.3 is 0 Å². The van der Waals surface area contributed by atoms with Gasteiger partial charge in [-0.3, -0.25) is 4.79 Å². The van der Waals surface area contributed by atoms with Crippen molar-refractivity contribution in [3.05, 3.63) is 44.1 Å². The van der Waals surface area contributed by atoms with Gasteiger partial charge in [-0.1, -0.05) is 12.1 Å². The van der Waals surface area contributed by atoms with Crippen molar-refractivity contribution in [3.63, 3.8) is 0 Å². The van der Waals surface area contributed by atoms with E-state index in [-0.39, 0.29) is 5.43 Å². The zero-order chi connectivity index (χ0) is 15.1. The van der Waals surface area contributed by atoms with E-state index in [0.717, 1.165) is 14.6 Å².